The lowest BCUT2D eigenvalue weighted by Crippen LogP contribution is -2.40. The molecule has 3 aliphatic carbocycles. The summed E-state index contributed by atoms with van der Waals surface area (Å²) in [7, 11) is 3.92. The Morgan fingerprint density at radius 2 is 1.69 bits per heavy atom. The number of ether oxygens (including phenoxy) is 3. The van der Waals surface area contributed by atoms with Gasteiger partial charge in [-0.15, -0.1) is 0 Å². The molecule has 0 aromatic heterocycles. The molecule has 4 atom stereocenters. The van der Waals surface area contributed by atoms with Crippen LogP contribution in [0.5, 0.6) is 17.2 Å². The van der Waals surface area contributed by atoms with Crippen molar-refractivity contribution < 1.29 is 43.3 Å². The molecular formula is C29H27NO9. The minimum absolute atomic E-state index is 0.108. The van der Waals surface area contributed by atoms with Crippen molar-refractivity contribution in [3.8, 4) is 17.2 Å². The van der Waals surface area contributed by atoms with Gasteiger partial charge in [-0.05, 0) is 49.5 Å². The summed E-state index contributed by atoms with van der Waals surface area (Å²) in [5, 5.41) is 10.3. The predicted molar refractivity (Wildman–Crippen MR) is 137 cm³/mol. The molecule has 1 aliphatic heterocycles. The first-order chi connectivity index (χ1) is 18.6. The second-order valence-corrected chi connectivity index (χ2v) is 9.89. The number of imide groups is 3. The number of phenols is 1. The normalized spacial score (nSPS) is 26.2. The number of likely N-dealkylation sites (tertiary alicyclic amines) is 1. The number of carbonyl (C=O) groups is 5. The first kappa shape index (κ1) is 26.1. The highest BCUT2D eigenvalue weighted by Crippen LogP contribution is 2.52. The highest BCUT2D eigenvalue weighted by molar-refractivity contribution is 6.23. The lowest BCUT2D eigenvalue weighted by molar-refractivity contribution is -0.137. The van der Waals surface area contributed by atoms with Crippen LogP contribution in [0.1, 0.15) is 25.3 Å². The largest absolute Gasteiger partial charge is 0.502 e. The fourth-order valence-electron chi connectivity index (χ4n) is 6.15. The summed E-state index contributed by atoms with van der Waals surface area (Å²) in [4.78, 5) is 65.6. The van der Waals surface area contributed by atoms with Crippen molar-refractivity contribution in [2.24, 2.45) is 23.7 Å². The number of Topliss-reactive ketones (excluding diaryl/α,β-unsaturated/α-hetero) is 1. The van der Waals surface area contributed by atoms with Crippen LogP contribution in [-0.2, 0) is 23.9 Å². The summed E-state index contributed by atoms with van der Waals surface area (Å²) >= 11 is 0. The van der Waals surface area contributed by atoms with Crippen LogP contribution in [0.15, 0.2) is 52.7 Å². The maximum atomic E-state index is 13.4. The van der Waals surface area contributed by atoms with E-state index >= 15 is 0 Å². The van der Waals surface area contributed by atoms with E-state index in [1.807, 2.05) is 6.08 Å². The van der Waals surface area contributed by atoms with Gasteiger partial charge < -0.3 is 19.3 Å². The fourth-order valence-corrected chi connectivity index (χ4v) is 6.15. The van der Waals surface area contributed by atoms with E-state index in [0.29, 0.717) is 27.2 Å². The number of allylic oxidation sites excluding steroid dienone is 7. The number of hydrogen-bond donors (Lipinski definition) is 1. The van der Waals surface area contributed by atoms with Gasteiger partial charge in [0.1, 0.15) is 0 Å². The summed E-state index contributed by atoms with van der Waals surface area (Å²) in [6, 6.07) is 3.20. The number of hydrogen-bond acceptors (Lipinski definition) is 9. The van der Waals surface area contributed by atoms with Gasteiger partial charge in [0.2, 0.25) is 17.6 Å². The van der Waals surface area contributed by atoms with Gasteiger partial charge >= 0.3 is 6.09 Å². The smallest absolute Gasteiger partial charge is 0.423 e. The van der Waals surface area contributed by atoms with Crippen molar-refractivity contribution in [3.05, 3.63) is 58.2 Å². The van der Waals surface area contributed by atoms with Gasteiger partial charge in [-0.1, -0.05) is 23.8 Å². The van der Waals surface area contributed by atoms with E-state index in [1.54, 1.807) is 31.2 Å². The zero-order valence-electron chi connectivity index (χ0n) is 21.8. The molecule has 1 aromatic carbocycles. The van der Waals surface area contributed by atoms with Crippen LogP contribution in [0.2, 0.25) is 0 Å². The molecule has 0 spiro atoms. The quantitative estimate of drug-likeness (QED) is 0.352. The average molecular weight is 534 g/mol. The first-order valence-electron chi connectivity index (χ1n) is 12.4. The number of methoxy groups -OCH3 is 3. The third-order valence-corrected chi connectivity index (χ3v) is 7.95. The molecular weight excluding hydrogens is 506 g/mol. The lowest BCUT2D eigenvalue weighted by Gasteiger charge is -2.41. The zero-order valence-corrected chi connectivity index (χ0v) is 21.8. The number of nitrogens with zero attached hydrogens (tertiary/aromatic N) is 1. The van der Waals surface area contributed by atoms with Gasteiger partial charge in [0.15, 0.2) is 23.1 Å². The Hall–Kier alpha value is -4.47. The van der Waals surface area contributed by atoms with Crippen LogP contribution in [0, 0.1) is 23.7 Å². The molecule has 1 N–H and O–H groups in total. The van der Waals surface area contributed by atoms with Gasteiger partial charge in [-0.2, -0.15) is 4.90 Å². The number of amides is 3. The van der Waals surface area contributed by atoms with Crippen molar-refractivity contribution in [3.63, 3.8) is 0 Å². The number of rotatable bonds is 4. The van der Waals surface area contributed by atoms with E-state index in [1.165, 1.54) is 20.3 Å². The molecule has 0 bridgehead atoms. The van der Waals surface area contributed by atoms with Gasteiger partial charge in [0, 0.05) is 22.6 Å². The van der Waals surface area contributed by atoms with Crippen LogP contribution < -0.4 is 9.47 Å². The Balaban J connectivity index is 1.61. The molecule has 10 heteroatoms. The van der Waals surface area contributed by atoms with E-state index < -0.39 is 41.6 Å². The van der Waals surface area contributed by atoms with Crippen LogP contribution >= 0.6 is 0 Å². The fraction of sp³-hybridized carbons (Fsp3) is 0.345. The van der Waals surface area contributed by atoms with E-state index in [0.717, 1.165) is 12.7 Å². The van der Waals surface area contributed by atoms with Crippen molar-refractivity contribution in [1.29, 1.82) is 0 Å². The van der Waals surface area contributed by atoms with Gasteiger partial charge in [-0.3, -0.25) is 19.2 Å². The second-order valence-electron chi connectivity index (χ2n) is 9.89. The summed E-state index contributed by atoms with van der Waals surface area (Å²) < 4.78 is 15.1. The second kappa shape index (κ2) is 9.68. The van der Waals surface area contributed by atoms with E-state index in [4.69, 9.17) is 9.47 Å². The number of phenolic OH excluding ortho intramolecular Hbond substituents is 1. The Labute approximate surface area is 224 Å². The van der Waals surface area contributed by atoms with Crippen LogP contribution in [0.25, 0.3) is 6.08 Å². The molecule has 4 aliphatic rings. The topological polar surface area (TPSA) is 137 Å². The Morgan fingerprint density at radius 3 is 2.31 bits per heavy atom. The highest BCUT2D eigenvalue weighted by atomic mass is 16.5. The molecule has 3 amide bonds. The molecule has 4 unspecified atom stereocenters. The number of ketones is 2. The minimum atomic E-state index is -1.04. The predicted octanol–water partition coefficient (Wildman–Crippen LogP) is 3.15. The maximum absolute atomic E-state index is 13.4. The van der Waals surface area contributed by atoms with E-state index in [2.05, 4.69) is 4.74 Å². The van der Waals surface area contributed by atoms with Crippen LogP contribution in [0.3, 0.4) is 0 Å². The third kappa shape index (κ3) is 3.98. The number of carbonyl (C=O) groups excluding carboxylic acids is 5. The van der Waals surface area contributed by atoms with Crippen molar-refractivity contribution in [2.75, 3.05) is 21.3 Å². The van der Waals surface area contributed by atoms with Gasteiger partial charge in [0.25, 0.3) is 0 Å². The summed E-state index contributed by atoms with van der Waals surface area (Å²) in [5.74, 6) is -4.45. The summed E-state index contributed by atoms with van der Waals surface area (Å²) in [6.45, 7) is 1.57. The zero-order chi connectivity index (χ0) is 28.2. The molecule has 1 fully saturated rings. The maximum Gasteiger partial charge on any atom is 0.423 e. The van der Waals surface area contributed by atoms with Crippen molar-refractivity contribution in [2.45, 2.75) is 19.8 Å². The number of benzene rings is 1. The average Bonchev–Trinajstić information content (AvgIpc) is 3.19. The lowest BCUT2D eigenvalue weighted by atomic mass is 9.60. The van der Waals surface area contributed by atoms with Gasteiger partial charge in [-0.25, -0.2) is 4.79 Å². The molecule has 202 valence electrons. The third-order valence-electron chi connectivity index (χ3n) is 7.95. The SMILES string of the molecule is COC(=O)N1C(=O)C2CC=C3C(C=Cc4cc(OC)c(O)c(OC)c4)C4=C(CC3C2C1=O)C(=O)C(C)=CC4=O. The molecule has 1 saturated heterocycles. The van der Waals surface area contributed by atoms with E-state index in [9.17, 15) is 29.1 Å². The standard InChI is InChI=1S/C29H27NO9/c1-13-9-20(31)23-16(6-5-14-10-21(37-2)26(33)22(11-14)38-3)15-7-8-17-24(18(15)12-19(23)25(13)32)28(35)30(27(17)34)29(36)39-4/h5-7,9-11,16-18,24,33H,8,12H2,1-4H3. The van der Waals surface area contributed by atoms with Crippen molar-refractivity contribution >= 4 is 35.6 Å². The summed E-state index contributed by atoms with van der Waals surface area (Å²) in [5.41, 5.74) is 2.30. The van der Waals surface area contributed by atoms with Crippen molar-refractivity contribution in [1.82, 2.24) is 4.90 Å². The monoisotopic (exact) mass is 533 g/mol. The van der Waals surface area contributed by atoms with Crippen LogP contribution in [0.4, 0.5) is 4.79 Å². The van der Waals surface area contributed by atoms with Gasteiger partial charge in [0.05, 0.1) is 33.2 Å². The summed E-state index contributed by atoms with van der Waals surface area (Å²) in [6.07, 6.45) is 5.93. The molecule has 5 rings (SSSR count). The highest BCUT2D eigenvalue weighted by Gasteiger charge is 2.57. The Morgan fingerprint density at radius 1 is 1.03 bits per heavy atom. The molecule has 1 heterocycles. The number of fused-ring (bicyclic) bond motifs is 3. The molecule has 39 heavy (non-hydrogen) atoms. The number of aromatic hydroxyl groups is 1. The first-order valence-corrected chi connectivity index (χ1v) is 12.4. The minimum Gasteiger partial charge on any atom is -0.502 e. The molecule has 0 radical (unpaired) electrons. The molecule has 0 saturated carbocycles. The van der Waals surface area contributed by atoms with E-state index in [-0.39, 0.29) is 41.7 Å². The Kier molecular flexibility index (Phi) is 6.49. The molecule has 10 nitrogen and oxygen atoms in total. The molecule has 1 aromatic rings. The Bertz CT molecular complexity index is 1440. The van der Waals surface area contributed by atoms with Crippen LogP contribution in [-0.4, -0.2) is 60.8 Å².